The summed E-state index contributed by atoms with van der Waals surface area (Å²) in [4.78, 5) is 2.25. The molecule has 0 bridgehead atoms. The summed E-state index contributed by atoms with van der Waals surface area (Å²) >= 11 is 0. The van der Waals surface area contributed by atoms with Crippen LogP contribution in [0.3, 0.4) is 0 Å². The van der Waals surface area contributed by atoms with Gasteiger partial charge in [-0.05, 0) is 47.1 Å². The Morgan fingerprint density at radius 2 is 1.25 bits per heavy atom. The van der Waals surface area contributed by atoms with E-state index in [1.165, 1.54) is 6.26 Å². The van der Waals surface area contributed by atoms with Crippen LogP contribution in [-0.4, -0.2) is 55.1 Å². The molecule has 0 atom stereocenters. The predicted molar refractivity (Wildman–Crippen MR) is 87.5 cm³/mol. The summed E-state index contributed by atoms with van der Waals surface area (Å²) in [5, 5.41) is 0. The Morgan fingerprint density at radius 1 is 0.850 bits per heavy atom. The van der Waals surface area contributed by atoms with Gasteiger partial charge in [0.1, 0.15) is 0 Å². The quantitative estimate of drug-likeness (QED) is 0.784. The zero-order valence-electron chi connectivity index (χ0n) is 15.0. The predicted octanol–water partition coefficient (Wildman–Crippen LogP) is 2.80. The average Bonchev–Trinajstić information content (AvgIpc) is 2.10. The molecular weight excluding hydrogens is 272 g/mol. The van der Waals surface area contributed by atoms with Crippen LogP contribution < -0.4 is 0 Å². The largest absolute Gasteiger partial charge is 0.299 e. The maximum absolute atomic E-state index is 11.9. The van der Waals surface area contributed by atoms with Crippen molar-refractivity contribution in [3.63, 3.8) is 0 Å². The van der Waals surface area contributed by atoms with Gasteiger partial charge in [0.15, 0.2) is 0 Å². The Hall–Kier alpha value is -0.130. The highest BCUT2D eigenvalue weighted by molar-refractivity contribution is 7.88. The lowest BCUT2D eigenvalue weighted by atomic mass is 9.75. The topological polar surface area (TPSA) is 40.6 Å². The van der Waals surface area contributed by atoms with E-state index in [1.54, 1.807) is 4.31 Å². The summed E-state index contributed by atoms with van der Waals surface area (Å²) in [7, 11) is -1.13. The summed E-state index contributed by atoms with van der Waals surface area (Å²) in [5.41, 5.74) is -0.270. The van der Waals surface area contributed by atoms with Gasteiger partial charge in [-0.2, -0.15) is 4.31 Å². The molecule has 20 heavy (non-hydrogen) atoms. The third-order valence-corrected chi connectivity index (χ3v) is 6.11. The van der Waals surface area contributed by atoms with Gasteiger partial charge in [-0.15, -0.1) is 0 Å². The van der Waals surface area contributed by atoms with Gasteiger partial charge in [-0.1, -0.05) is 20.8 Å². The Morgan fingerprint density at radius 3 is 1.50 bits per heavy atom. The van der Waals surface area contributed by atoms with Gasteiger partial charge >= 0.3 is 0 Å². The average molecular weight is 307 g/mol. The molecule has 4 nitrogen and oxygen atoms in total. The van der Waals surface area contributed by atoms with Gasteiger partial charge < -0.3 is 0 Å². The van der Waals surface area contributed by atoms with Crippen LogP contribution in [0, 0.1) is 5.41 Å². The molecule has 0 aromatic rings. The highest BCUT2D eigenvalue weighted by Crippen LogP contribution is 2.34. The SMILES string of the molecule is CN(CCN(C(C)(C)C)S(C)(=O)=O)C(C)(C)C(C)(C)C. The molecule has 0 aliphatic carbocycles. The standard InChI is InChI=1S/C15H34N2O2S/c1-13(2,3)15(7,8)16(9)11-12-17(14(4,5)6)20(10,18)19/h11-12H2,1-10H3. The molecule has 122 valence electrons. The maximum atomic E-state index is 11.9. The Bertz CT molecular complexity index is 414. The van der Waals surface area contributed by atoms with Crippen LogP contribution in [0.4, 0.5) is 0 Å². The van der Waals surface area contributed by atoms with Crippen LogP contribution >= 0.6 is 0 Å². The van der Waals surface area contributed by atoms with Crippen molar-refractivity contribution in [3.05, 3.63) is 0 Å². The summed E-state index contributed by atoms with van der Waals surface area (Å²) in [5.74, 6) is 0. The van der Waals surface area contributed by atoms with Gasteiger partial charge in [0.05, 0.1) is 6.26 Å². The van der Waals surface area contributed by atoms with Crippen molar-refractivity contribution >= 4 is 10.0 Å². The minimum Gasteiger partial charge on any atom is -0.299 e. The molecule has 0 N–H and O–H groups in total. The summed E-state index contributed by atoms with van der Waals surface area (Å²) in [6, 6.07) is 0. The third-order valence-electron chi connectivity index (χ3n) is 4.58. The first kappa shape index (κ1) is 19.9. The molecule has 0 rings (SSSR count). The molecule has 0 fully saturated rings. The Kier molecular flexibility index (Phi) is 5.89. The van der Waals surface area contributed by atoms with Crippen molar-refractivity contribution in [2.24, 2.45) is 5.41 Å². The fourth-order valence-electron chi connectivity index (χ4n) is 2.09. The van der Waals surface area contributed by atoms with Crippen LogP contribution in [0.15, 0.2) is 0 Å². The molecule has 0 heterocycles. The second-order valence-electron chi connectivity index (χ2n) is 8.24. The fraction of sp³-hybridized carbons (Fsp3) is 1.00. The summed E-state index contributed by atoms with van der Waals surface area (Å²) in [6.45, 7) is 18.1. The van der Waals surface area contributed by atoms with E-state index in [0.29, 0.717) is 13.1 Å². The van der Waals surface area contributed by atoms with E-state index < -0.39 is 10.0 Å². The number of rotatable bonds is 5. The van der Waals surface area contributed by atoms with Gasteiger partial charge in [-0.25, -0.2) is 8.42 Å². The Balaban J connectivity index is 5.01. The maximum Gasteiger partial charge on any atom is 0.211 e. The summed E-state index contributed by atoms with van der Waals surface area (Å²) in [6.07, 6.45) is 1.28. The first-order valence-corrected chi connectivity index (χ1v) is 9.05. The van der Waals surface area contributed by atoms with Crippen molar-refractivity contribution in [3.8, 4) is 0 Å². The van der Waals surface area contributed by atoms with E-state index in [0.717, 1.165) is 0 Å². The summed E-state index contributed by atoms with van der Waals surface area (Å²) < 4.78 is 25.5. The van der Waals surface area contributed by atoms with Gasteiger partial charge in [0.2, 0.25) is 10.0 Å². The van der Waals surface area contributed by atoms with E-state index in [-0.39, 0.29) is 16.5 Å². The van der Waals surface area contributed by atoms with E-state index >= 15 is 0 Å². The Labute approximate surface area is 126 Å². The molecule has 0 amide bonds. The lowest BCUT2D eigenvalue weighted by Crippen LogP contribution is -2.55. The second kappa shape index (κ2) is 5.93. The minimum absolute atomic E-state index is 0.00590. The number of nitrogens with zero attached hydrogens (tertiary/aromatic N) is 2. The van der Waals surface area contributed by atoms with Crippen molar-refractivity contribution in [1.29, 1.82) is 0 Å². The molecular formula is C15H34N2O2S. The highest BCUT2D eigenvalue weighted by Gasteiger charge is 2.37. The molecule has 0 radical (unpaired) electrons. The van der Waals surface area contributed by atoms with Crippen LogP contribution in [0.2, 0.25) is 0 Å². The van der Waals surface area contributed by atoms with Crippen LogP contribution in [0.25, 0.3) is 0 Å². The van der Waals surface area contributed by atoms with Gasteiger partial charge in [0, 0.05) is 24.2 Å². The van der Waals surface area contributed by atoms with E-state index in [4.69, 9.17) is 0 Å². The lowest BCUT2D eigenvalue weighted by molar-refractivity contribution is 0.0370. The zero-order valence-corrected chi connectivity index (χ0v) is 15.8. The van der Waals surface area contributed by atoms with Crippen molar-refractivity contribution in [1.82, 2.24) is 9.21 Å². The number of sulfonamides is 1. The van der Waals surface area contributed by atoms with Gasteiger partial charge in [0.25, 0.3) is 0 Å². The monoisotopic (exact) mass is 306 g/mol. The first-order chi connectivity index (χ1) is 8.51. The molecule has 0 aliphatic heterocycles. The molecule has 0 aliphatic rings. The number of hydrogen-bond acceptors (Lipinski definition) is 3. The number of hydrogen-bond donors (Lipinski definition) is 0. The molecule has 5 heteroatoms. The van der Waals surface area contributed by atoms with Crippen molar-refractivity contribution in [2.45, 2.75) is 66.5 Å². The first-order valence-electron chi connectivity index (χ1n) is 7.20. The molecule has 0 saturated heterocycles. The smallest absolute Gasteiger partial charge is 0.211 e. The van der Waals surface area contributed by atoms with E-state index in [9.17, 15) is 8.42 Å². The highest BCUT2D eigenvalue weighted by atomic mass is 32.2. The van der Waals surface area contributed by atoms with E-state index in [1.807, 2.05) is 20.8 Å². The molecule has 0 saturated carbocycles. The number of likely N-dealkylation sites (N-methyl/N-ethyl adjacent to an activating group) is 1. The van der Waals surface area contributed by atoms with Gasteiger partial charge in [-0.3, -0.25) is 4.90 Å². The lowest BCUT2D eigenvalue weighted by Gasteiger charge is -2.47. The van der Waals surface area contributed by atoms with Crippen LogP contribution in [-0.2, 0) is 10.0 Å². The molecule has 0 aromatic carbocycles. The van der Waals surface area contributed by atoms with E-state index in [2.05, 4.69) is 46.6 Å². The third kappa shape index (κ3) is 5.01. The van der Waals surface area contributed by atoms with Crippen LogP contribution in [0.1, 0.15) is 55.4 Å². The fourth-order valence-corrected chi connectivity index (χ4v) is 3.50. The van der Waals surface area contributed by atoms with Crippen molar-refractivity contribution < 1.29 is 8.42 Å². The zero-order chi connectivity index (χ0) is 16.6. The molecule has 0 unspecified atom stereocenters. The molecule has 0 spiro atoms. The molecule has 0 aromatic heterocycles. The van der Waals surface area contributed by atoms with Crippen molar-refractivity contribution in [2.75, 3.05) is 26.4 Å². The van der Waals surface area contributed by atoms with Crippen LogP contribution in [0.5, 0.6) is 0 Å². The normalized spacial score (nSPS) is 15.2. The second-order valence-corrected chi connectivity index (χ2v) is 10.1. The minimum atomic E-state index is -3.19.